The molecule has 0 bridgehead atoms. The van der Waals surface area contributed by atoms with Crippen LogP contribution in [-0.2, 0) is 22.6 Å². The van der Waals surface area contributed by atoms with E-state index in [1.54, 1.807) is 0 Å². The molecule has 4 rings (SSSR count). The molecule has 26 heavy (non-hydrogen) atoms. The Hall–Kier alpha value is -2.37. The minimum absolute atomic E-state index is 0.0447. The number of nitrogens with zero attached hydrogens (tertiary/aromatic N) is 2. The van der Waals surface area contributed by atoms with Crippen LogP contribution in [0, 0.1) is 5.92 Å². The number of imidazole rings is 1. The minimum Gasteiger partial charge on any atom is -0.355 e. The van der Waals surface area contributed by atoms with E-state index >= 15 is 0 Å². The monoisotopic (exact) mass is 354 g/mol. The van der Waals surface area contributed by atoms with Crippen LogP contribution in [0.15, 0.2) is 24.3 Å². The standard InChI is InChI=1S/C20H26N4O2/c25-19(22-15-5-1-2-6-15)13-24-17-8-4-3-7-16(17)23-18(24)11-12-21-20(26)14-9-10-14/h3-4,7-8,14-15H,1-2,5-6,9-13H2,(H,21,26)(H,22,25). The van der Waals surface area contributed by atoms with Gasteiger partial charge in [0.2, 0.25) is 11.8 Å². The zero-order valence-electron chi connectivity index (χ0n) is 15.0. The summed E-state index contributed by atoms with van der Waals surface area (Å²) in [5, 5.41) is 6.13. The average molecular weight is 354 g/mol. The average Bonchev–Trinajstić information content (AvgIpc) is 3.27. The SMILES string of the molecule is O=C(Cn1c(CCNC(=O)C2CC2)nc2ccccc21)NC1CCCC1. The number of amides is 2. The third-order valence-corrected chi connectivity index (χ3v) is 5.35. The van der Waals surface area contributed by atoms with Gasteiger partial charge in [-0.05, 0) is 37.8 Å². The lowest BCUT2D eigenvalue weighted by Crippen LogP contribution is -2.35. The molecule has 6 heteroatoms. The highest BCUT2D eigenvalue weighted by Crippen LogP contribution is 2.28. The molecule has 1 heterocycles. The van der Waals surface area contributed by atoms with E-state index in [0.29, 0.717) is 19.0 Å². The molecule has 2 N–H and O–H groups in total. The van der Waals surface area contributed by atoms with Crippen molar-refractivity contribution in [3.05, 3.63) is 30.1 Å². The van der Waals surface area contributed by atoms with Gasteiger partial charge in [0.25, 0.3) is 0 Å². The van der Waals surface area contributed by atoms with Gasteiger partial charge >= 0.3 is 0 Å². The van der Waals surface area contributed by atoms with E-state index in [9.17, 15) is 9.59 Å². The first-order valence-corrected chi connectivity index (χ1v) is 9.72. The van der Waals surface area contributed by atoms with Gasteiger partial charge in [0.15, 0.2) is 0 Å². The number of benzene rings is 1. The first kappa shape index (κ1) is 17.1. The molecule has 1 aromatic carbocycles. The molecular weight excluding hydrogens is 328 g/mol. The lowest BCUT2D eigenvalue weighted by Gasteiger charge is -2.14. The highest BCUT2D eigenvalue weighted by molar-refractivity contribution is 5.82. The quantitative estimate of drug-likeness (QED) is 0.800. The first-order chi connectivity index (χ1) is 12.7. The topological polar surface area (TPSA) is 76.0 Å². The maximum absolute atomic E-state index is 12.5. The Bertz CT molecular complexity index is 803. The molecule has 0 saturated heterocycles. The first-order valence-electron chi connectivity index (χ1n) is 9.72. The van der Waals surface area contributed by atoms with E-state index in [2.05, 4.69) is 15.6 Å². The van der Waals surface area contributed by atoms with E-state index in [1.807, 2.05) is 28.8 Å². The lowest BCUT2D eigenvalue weighted by atomic mass is 10.2. The van der Waals surface area contributed by atoms with Crippen LogP contribution < -0.4 is 10.6 Å². The van der Waals surface area contributed by atoms with E-state index in [4.69, 9.17) is 0 Å². The Labute approximate surface area is 153 Å². The Kier molecular flexibility index (Phi) is 4.91. The van der Waals surface area contributed by atoms with Gasteiger partial charge in [0, 0.05) is 24.9 Å². The fourth-order valence-electron chi connectivity index (χ4n) is 3.77. The second kappa shape index (κ2) is 7.48. The molecule has 1 aromatic heterocycles. The molecule has 2 saturated carbocycles. The molecule has 0 unspecified atom stereocenters. The van der Waals surface area contributed by atoms with Crippen LogP contribution in [0.5, 0.6) is 0 Å². The summed E-state index contributed by atoms with van der Waals surface area (Å²) >= 11 is 0. The summed E-state index contributed by atoms with van der Waals surface area (Å²) < 4.78 is 1.99. The van der Waals surface area contributed by atoms with Gasteiger partial charge in [-0.25, -0.2) is 4.98 Å². The Morgan fingerprint density at radius 2 is 1.88 bits per heavy atom. The Morgan fingerprint density at radius 1 is 1.12 bits per heavy atom. The van der Waals surface area contributed by atoms with Gasteiger partial charge in [0.05, 0.1) is 11.0 Å². The summed E-state index contributed by atoms with van der Waals surface area (Å²) in [5.41, 5.74) is 1.86. The van der Waals surface area contributed by atoms with Crippen molar-refractivity contribution in [2.45, 2.75) is 57.5 Å². The number of hydrogen-bond donors (Lipinski definition) is 2. The second-order valence-electron chi connectivity index (χ2n) is 7.47. The van der Waals surface area contributed by atoms with Crippen molar-refractivity contribution in [1.82, 2.24) is 20.2 Å². The summed E-state index contributed by atoms with van der Waals surface area (Å²) in [4.78, 5) is 29.0. The molecule has 6 nitrogen and oxygen atoms in total. The van der Waals surface area contributed by atoms with Gasteiger partial charge in [-0.15, -0.1) is 0 Å². The third-order valence-electron chi connectivity index (χ3n) is 5.35. The van der Waals surface area contributed by atoms with Crippen LogP contribution in [0.2, 0.25) is 0 Å². The maximum atomic E-state index is 12.5. The molecule has 2 aliphatic rings. The van der Waals surface area contributed by atoms with Crippen LogP contribution in [0.3, 0.4) is 0 Å². The predicted molar refractivity (Wildman–Crippen MR) is 99.6 cm³/mol. The second-order valence-corrected chi connectivity index (χ2v) is 7.47. The van der Waals surface area contributed by atoms with Crippen molar-refractivity contribution < 1.29 is 9.59 Å². The van der Waals surface area contributed by atoms with Crippen LogP contribution in [-0.4, -0.2) is 34.0 Å². The zero-order chi connectivity index (χ0) is 17.9. The van der Waals surface area contributed by atoms with Crippen molar-refractivity contribution >= 4 is 22.8 Å². The van der Waals surface area contributed by atoms with E-state index in [0.717, 1.165) is 42.5 Å². The normalized spacial score (nSPS) is 17.5. The zero-order valence-corrected chi connectivity index (χ0v) is 15.0. The van der Waals surface area contributed by atoms with Crippen LogP contribution >= 0.6 is 0 Å². The minimum atomic E-state index is 0.0447. The summed E-state index contributed by atoms with van der Waals surface area (Å²) in [6.07, 6.45) is 7.20. The largest absolute Gasteiger partial charge is 0.355 e. The molecule has 2 aliphatic carbocycles. The highest BCUT2D eigenvalue weighted by Gasteiger charge is 2.29. The fourth-order valence-corrected chi connectivity index (χ4v) is 3.77. The molecule has 138 valence electrons. The molecule has 0 radical (unpaired) electrons. The predicted octanol–water partition coefficient (Wildman–Crippen LogP) is 2.16. The number of aromatic nitrogens is 2. The number of carbonyl (C=O) groups is 2. The molecule has 2 aromatic rings. The van der Waals surface area contributed by atoms with Gasteiger partial charge in [-0.2, -0.15) is 0 Å². The smallest absolute Gasteiger partial charge is 0.240 e. The summed E-state index contributed by atoms with van der Waals surface area (Å²) in [6.45, 7) is 0.839. The van der Waals surface area contributed by atoms with Gasteiger partial charge in [-0.1, -0.05) is 25.0 Å². The number of carbonyl (C=O) groups excluding carboxylic acids is 2. The molecule has 2 amide bonds. The Morgan fingerprint density at radius 3 is 2.65 bits per heavy atom. The summed E-state index contributed by atoms with van der Waals surface area (Å²) in [5.74, 6) is 1.25. The number of para-hydroxylation sites is 2. The molecular formula is C20H26N4O2. The van der Waals surface area contributed by atoms with Crippen molar-refractivity contribution in [2.75, 3.05) is 6.54 Å². The number of hydrogen-bond acceptors (Lipinski definition) is 3. The lowest BCUT2D eigenvalue weighted by molar-refractivity contribution is -0.123. The van der Waals surface area contributed by atoms with E-state index in [1.165, 1.54) is 12.8 Å². The highest BCUT2D eigenvalue weighted by atomic mass is 16.2. The maximum Gasteiger partial charge on any atom is 0.240 e. The van der Waals surface area contributed by atoms with Crippen LogP contribution in [0.4, 0.5) is 0 Å². The summed E-state index contributed by atoms with van der Waals surface area (Å²) in [7, 11) is 0. The molecule has 0 spiro atoms. The molecule has 0 atom stereocenters. The number of fused-ring (bicyclic) bond motifs is 1. The van der Waals surface area contributed by atoms with Crippen molar-refractivity contribution in [3.63, 3.8) is 0 Å². The van der Waals surface area contributed by atoms with Crippen LogP contribution in [0.25, 0.3) is 11.0 Å². The van der Waals surface area contributed by atoms with Crippen molar-refractivity contribution in [3.8, 4) is 0 Å². The van der Waals surface area contributed by atoms with E-state index in [-0.39, 0.29) is 24.3 Å². The third kappa shape index (κ3) is 3.89. The number of rotatable bonds is 7. The molecule has 2 fully saturated rings. The van der Waals surface area contributed by atoms with Gasteiger partial charge in [0.1, 0.15) is 12.4 Å². The number of nitrogens with one attached hydrogen (secondary N) is 2. The fraction of sp³-hybridized carbons (Fsp3) is 0.550. The van der Waals surface area contributed by atoms with Crippen LogP contribution in [0.1, 0.15) is 44.3 Å². The van der Waals surface area contributed by atoms with Gasteiger partial charge in [-0.3, -0.25) is 9.59 Å². The van der Waals surface area contributed by atoms with E-state index < -0.39 is 0 Å². The van der Waals surface area contributed by atoms with Crippen molar-refractivity contribution in [1.29, 1.82) is 0 Å². The molecule has 0 aliphatic heterocycles. The summed E-state index contributed by atoms with van der Waals surface area (Å²) in [6, 6.07) is 8.20. The Balaban J connectivity index is 1.45. The van der Waals surface area contributed by atoms with Crippen molar-refractivity contribution in [2.24, 2.45) is 5.92 Å². The van der Waals surface area contributed by atoms with Gasteiger partial charge < -0.3 is 15.2 Å².